The first kappa shape index (κ1) is 18.4. The van der Waals surface area contributed by atoms with E-state index in [0.29, 0.717) is 25.1 Å². The predicted octanol–water partition coefficient (Wildman–Crippen LogP) is 2.60. The molecule has 2 amide bonds. The van der Waals surface area contributed by atoms with Gasteiger partial charge in [0.1, 0.15) is 7.11 Å². The monoisotopic (exact) mass is 397 g/mol. The van der Waals surface area contributed by atoms with Gasteiger partial charge in [-0.25, -0.2) is 5.48 Å². The number of hydroxylamine groups is 1. The molecule has 0 bridgehead atoms. The van der Waals surface area contributed by atoms with Crippen LogP contribution in [0.25, 0.3) is 0 Å². The smallest absolute Gasteiger partial charge is 0.281 e. The van der Waals surface area contributed by atoms with E-state index in [1.54, 1.807) is 10.4 Å². The molecule has 24 heavy (non-hydrogen) atoms. The van der Waals surface area contributed by atoms with Gasteiger partial charge in [-0.15, -0.1) is 0 Å². The molecule has 0 spiro atoms. The average Bonchev–Trinajstić information content (AvgIpc) is 2.82. The average molecular weight is 398 g/mol. The van der Waals surface area contributed by atoms with Gasteiger partial charge >= 0.3 is 0 Å². The van der Waals surface area contributed by atoms with E-state index in [9.17, 15) is 9.59 Å². The second-order valence-corrected chi connectivity index (χ2v) is 6.36. The van der Waals surface area contributed by atoms with Crippen molar-refractivity contribution in [2.45, 2.75) is 32.1 Å². The number of benzene rings is 1. The van der Waals surface area contributed by atoms with Crippen molar-refractivity contribution in [2.24, 2.45) is 5.16 Å². The highest BCUT2D eigenvalue weighted by Gasteiger charge is 2.34. The third-order valence-electron chi connectivity index (χ3n) is 3.80. The van der Waals surface area contributed by atoms with Crippen molar-refractivity contribution in [3.05, 3.63) is 28.2 Å². The lowest BCUT2D eigenvalue weighted by Gasteiger charge is -2.16. The molecule has 2 N–H and O–H groups in total. The Kier molecular flexibility index (Phi) is 6.74. The number of hydrogen-bond acceptors (Lipinski definition) is 5. The highest BCUT2D eigenvalue weighted by molar-refractivity contribution is 9.10. The maximum Gasteiger partial charge on any atom is 0.281 e. The Labute approximate surface area is 148 Å². The van der Waals surface area contributed by atoms with Gasteiger partial charge in [0.2, 0.25) is 5.91 Å². The highest BCUT2D eigenvalue weighted by atomic mass is 79.9. The summed E-state index contributed by atoms with van der Waals surface area (Å²) in [6.45, 7) is 0.586. The van der Waals surface area contributed by atoms with Crippen molar-refractivity contribution in [2.75, 3.05) is 18.6 Å². The summed E-state index contributed by atoms with van der Waals surface area (Å²) in [5, 5.41) is 12.3. The number of unbranched alkanes of at least 4 members (excludes halogenated alkanes) is 3. The molecule has 0 unspecified atom stereocenters. The fraction of sp³-hybridized carbons (Fsp3) is 0.438. The van der Waals surface area contributed by atoms with Crippen LogP contribution in [0.1, 0.15) is 37.7 Å². The van der Waals surface area contributed by atoms with E-state index in [4.69, 9.17) is 10.0 Å². The number of oxime groups is 1. The number of hydrogen-bond donors (Lipinski definition) is 2. The number of fused-ring (bicyclic) bond motifs is 1. The number of halogens is 1. The lowest BCUT2D eigenvalue weighted by atomic mass is 10.1. The number of anilines is 1. The van der Waals surface area contributed by atoms with Crippen LogP contribution in [0.3, 0.4) is 0 Å². The maximum atomic E-state index is 12.5. The van der Waals surface area contributed by atoms with Gasteiger partial charge in [-0.05, 0) is 31.0 Å². The Morgan fingerprint density at radius 1 is 1.33 bits per heavy atom. The molecule has 0 aliphatic carbocycles. The molecule has 1 aromatic carbocycles. The van der Waals surface area contributed by atoms with Crippen molar-refractivity contribution in [3.63, 3.8) is 0 Å². The molecule has 0 radical (unpaired) electrons. The summed E-state index contributed by atoms with van der Waals surface area (Å²) < 4.78 is 0.877. The molecule has 1 heterocycles. The SMILES string of the molecule is CO/N=C1/C(=O)N(CCCCCCC(=O)NO)c2ccc(Br)cc21. The largest absolute Gasteiger partial charge is 0.398 e. The molecule has 1 aromatic rings. The molecular weight excluding hydrogens is 378 g/mol. The van der Waals surface area contributed by atoms with Crippen molar-refractivity contribution in [1.29, 1.82) is 0 Å². The lowest BCUT2D eigenvalue weighted by Crippen LogP contribution is -2.31. The molecule has 130 valence electrons. The van der Waals surface area contributed by atoms with Crippen LogP contribution in [-0.4, -0.2) is 36.4 Å². The normalized spacial score (nSPS) is 14.9. The van der Waals surface area contributed by atoms with E-state index >= 15 is 0 Å². The quantitative estimate of drug-likeness (QED) is 0.400. The number of rotatable bonds is 8. The Bertz CT molecular complexity index is 648. The molecule has 7 nitrogen and oxygen atoms in total. The van der Waals surface area contributed by atoms with Gasteiger partial charge in [0, 0.05) is 23.0 Å². The summed E-state index contributed by atoms with van der Waals surface area (Å²) in [5.41, 5.74) is 3.52. The summed E-state index contributed by atoms with van der Waals surface area (Å²) in [4.78, 5) is 30.0. The van der Waals surface area contributed by atoms with E-state index in [1.807, 2.05) is 18.2 Å². The van der Waals surface area contributed by atoms with Crippen LogP contribution in [-0.2, 0) is 14.4 Å². The van der Waals surface area contributed by atoms with E-state index in [2.05, 4.69) is 21.1 Å². The number of carbonyl (C=O) groups excluding carboxylic acids is 2. The zero-order chi connectivity index (χ0) is 17.5. The van der Waals surface area contributed by atoms with Gasteiger partial charge in [0.25, 0.3) is 5.91 Å². The van der Waals surface area contributed by atoms with Crippen LogP contribution < -0.4 is 10.4 Å². The molecule has 0 saturated carbocycles. The van der Waals surface area contributed by atoms with Crippen molar-refractivity contribution < 1.29 is 19.6 Å². The van der Waals surface area contributed by atoms with E-state index in [0.717, 1.165) is 35.0 Å². The van der Waals surface area contributed by atoms with Gasteiger partial charge in [0.05, 0.1) is 5.69 Å². The lowest BCUT2D eigenvalue weighted by molar-refractivity contribution is -0.129. The minimum Gasteiger partial charge on any atom is -0.398 e. The number of amides is 2. The van der Waals surface area contributed by atoms with Crippen molar-refractivity contribution in [3.8, 4) is 0 Å². The minimum absolute atomic E-state index is 0.162. The second-order valence-electron chi connectivity index (χ2n) is 5.44. The van der Waals surface area contributed by atoms with E-state index in [-0.39, 0.29) is 11.8 Å². The summed E-state index contributed by atoms with van der Waals surface area (Å²) >= 11 is 3.41. The molecule has 8 heteroatoms. The van der Waals surface area contributed by atoms with Gasteiger partial charge < -0.3 is 9.74 Å². The highest BCUT2D eigenvalue weighted by Crippen LogP contribution is 2.32. The topological polar surface area (TPSA) is 91.2 Å². The molecule has 0 fully saturated rings. The van der Waals surface area contributed by atoms with Crippen molar-refractivity contribution >= 4 is 39.1 Å². The third kappa shape index (κ3) is 4.33. The van der Waals surface area contributed by atoms with E-state index < -0.39 is 0 Å². The Morgan fingerprint density at radius 3 is 2.79 bits per heavy atom. The van der Waals surface area contributed by atoms with Crippen LogP contribution >= 0.6 is 15.9 Å². The summed E-state index contributed by atoms with van der Waals surface area (Å²) in [5.74, 6) is -0.533. The van der Waals surface area contributed by atoms with Crippen LogP contribution in [0.5, 0.6) is 0 Å². The van der Waals surface area contributed by atoms with Crippen LogP contribution in [0.2, 0.25) is 0 Å². The minimum atomic E-state index is -0.371. The fourth-order valence-corrected chi connectivity index (χ4v) is 3.01. The van der Waals surface area contributed by atoms with Crippen LogP contribution in [0.4, 0.5) is 5.69 Å². The van der Waals surface area contributed by atoms with Crippen LogP contribution in [0.15, 0.2) is 27.8 Å². The van der Waals surface area contributed by atoms with Gasteiger partial charge in [0.15, 0.2) is 5.71 Å². The molecule has 0 saturated heterocycles. The standard InChI is InChI=1S/C16H20BrN3O4/c1-24-19-15-12-10-11(17)7-8-13(12)20(16(15)22)9-5-3-2-4-6-14(21)18-23/h7-8,10,23H,2-6,9H2,1H3,(H,18,21)/b19-15+. The zero-order valence-corrected chi connectivity index (χ0v) is 15.0. The van der Waals surface area contributed by atoms with Crippen molar-refractivity contribution in [1.82, 2.24) is 5.48 Å². The first-order valence-corrected chi connectivity index (χ1v) is 8.53. The number of nitrogens with one attached hydrogen (secondary N) is 1. The Balaban J connectivity index is 1.93. The Morgan fingerprint density at radius 2 is 2.08 bits per heavy atom. The predicted molar refractivity (Wildman–Crippen MR) is 93.1 cm³/mol. The molecule has 2 rings (SSSR count). The third-order valence-corrected chi connectivity index (χ3v) is 4.29. The molecular formula is C16H20BrN3O4. The second kappa shape index (κ2) is 8.79. The molecule has 0 aromatic heterocycles. The molecule has 1 aliphatic heterocycles. The van der Waals surface area contributed by atoms with Gasteiger partial charge in [-0.1, -0.05) is 33.9 Å². The maximum absolute atomic E-state index is 12.5. The molecule has 1 aliphatic rings. The first-order valence-electron chi connectivity index (χ1n) is 7.74. The summed E-state index contributed by atoms with van der Waals surface area (Å²) in [6, 6.07) is 5.64. The fourth-order valence-electron chi connectivity index (χ4n) is 2.65. The Hall–Kier alpha value is -1.93. The van der Waals surface area contributed by atoms with Crippen LogP contribution in [0, 0.1) is 0 Å². The number of nitrogens with zero attached hydrogens (tertiary/aromatic N) is 2. The number of carbonyl (C=O) groups is 2. The van der Waals surface area contributed by atoms with Gasteiger partial charge in [-0.3, -0.25) is 14.8 Å². The summed E-state index contributed by atoms with van der Waals surface area (Å²) in [6.07, 6.45) is 3.59. The first-order chi connectivity index (χ1) is 11.6. The van der Waals surface area contributed by atoms with Gasteiger partial charge in [-0.2, -0.15) is 0 Å². The zero-order valence-electron chi connectivity index (χ0n) is 13.4. The molecule has 0 atom stereocenters. The van der Waals surface area contributed by atoms with E-state index in [1.165, 1.54) is 7.11 Å². The summed E-state index contributed by atoms with van der Waals surface area (Å²) in [7, 11) is 1.42.